The molecule has 90 valence electrons. The lowest BCUT2D eigenvalue weighted by Crippen LogP contribution is -2.08. The fourth-order valence-corrected chi connectivity index (χ4v) is 1.46. The van der Waals surface area contributed by atoms with Crippen molar-refractivity contribution in [3.05, 3.63) is 23.8 Å². The molecule has 0 aliphatic heterocycles. The Bertz CT molecular complexity index is 291. The third kappa shape index (κ3) is 3.40. The van der Waals surface area contributed by atoms with Crippen LogP contribution >= 0.6 is 0 Å². The molecule has 0 unspecified atom stereocenters. The monoisotopic (exact) mass is 225 g/mol. The van der Waals surface area contributed by atoms with Gasteiger partial charge in [0, 0.05) is 7.11 Å². The first-order valence-electron chi connectivity index (χ1n) is 5.40. The average Bonchev–Trinajstić information content (AvgIpc) is 2.29. The molecular weight excluding hydrogens is 206 g/mol. The molecule has 0 heterocycles. The van der Waals surface area contributed by atoms with Crippen LogP contribution in [0.15, 0.2) is 18.2 Å². The van der Waals surface area contributed by atoms with Crippen LogP contribution in [0.25, 0.3) is 0 Å². The van der Waals surface area contributed by atoms with E-state index < -0.39 is 0 Å². The highest BCUT2D eigenvalue weighted by Crippen LogP contribution is 2.31. The van der Waals surface area contributed by atoms with Crippen molar-refractivity contribution in [3.63, 3.8) is 0 Å². The highest BCUT2D eigenvalue weighted by Gasteiger charge is 2.10. The molecule has 0 bridgehead atoms. The number of rotatable bonds is 7. The summed E-state index contributed by atoms with van der Waals surface area (Å²) in [7, 11) is 1.59. The number of methoxy groups -OCH3 is 1. The molecular formula is C12H19NO3. The highest BCUT2D eigenvalue weighted by molar-refractivity contribution is 5.46. The van der Waals surface area contributed by atoms with Gasteiger partial charge in [0.2, 0.25) is 0 Å². The second-order valence-corrected chi connectivity index (χ2v) is 3.27. The fraction of sp³-hybridized carbons (Fsp3) is 0.500. The summed E-state index contributed by atoms with van der Waals surface area (Å²) in [5, 5.41) is 0. The van der Waals surface area contributed by atoms with Crippen LogP contribution in [0.3, 0.4) is 0 Å². The summed E-state index contributed by atoms with van der Waals surface area (Å²) in [4.78, 5) is 0. The first-order chi connectivity index (χ1) is 7.83. The van der Waals surface area contributed by atoms with Crippen molar-refractivity contribution in [3.8, 4) is 11.5 Å². The van der Waals surface area contributed by atoms with Gasteiger partial charge in [-0.3, -0.25) is 0 Å². The molecule has 0 atom stereocenters. The van der Waals surface area contributed by atoms with Gasteiger partial charge in [-0.2, -0.15) is 0 Å². The molecule has 0 spiro atoms. The largest absolute Gasteiger partial charge is 0.490 e. The van der Waals surface area contributed by atoms with Gasteiger partial charge in [0.15, 0.2) is 18.3 Å². The number of para-hydroxylation sites is 1. The topological polar surface area (TPSA) is 53.7 Å². The fourth-order valence-electron chi connectivity index (χ4n) is 1.46. The molecule has 2 N–H and O–H groups in total. The summed E-state index contributed by atoms with van der Waals surface area (Å²) in [6.45, 7) is 3.34. The van der Waals surface area contributed by atoms with E-state index in [2.05, 4.69) is 0 Å². The average molecular weight is 225 g/mol. The van der Waals surface area contributed by atoms with E-state index in [1.54, 1.807) is 7.11 Å². The second-order valence-electron chi connectivity index (χ2n) is 3.27. The summed E-state index contributed by atoms with van der Waals surface area (Å²) in [5.74, 6) is 1.47. The van der Waals surface area contributed by atoms with E-state index in [1.165, 1.54) is 0 Å². The number of ether oxygens (including phenoxy) is 3. The van der Waals surface area contributed by atoms with Crippen molar-refractivity contribution < 1.29 is 14.2 Å². The number of benzene rings is 1. The van der Waals surface area contributed by atoms with Crippen LogP contribution in [0, 0.1) is 0 Å². The van der Waals surface area contributed by atoms with Crippen molar-refractivity contribution in [2.75, 3.05) is 27.1 Å². The van der Waals surface area contributed by atoms with E-state index in [1.807, 2.05) is 25.1 Å². The number of hydrogen-bond acceptors (Lipinski definition) is 4. The van der Waals surface area contributed by atoms with Gasteiger partial charge in [0.05, 0.1) is 6.61 Å². The maximum absolute atomic E-state index is 5.55. The molecule has 1 aromatic carbocycles. The molecule has 0 radical (unpaired) electrons. The molecule has 0 aliphatic rings. The van der Waals surface area contributed by atoms with Crippen LogP contribution in [-0.2, 0) is 11.2 Å². The van der Waals surface area contributed by atoms with Crippen LogP contribution < -0.4 is 15.2 Å². The third-order valence-corrected chi connectivity index (χ3v) is 2.10. The van der Waals surface area contributed by atoms with Gasteiger partial charge >= 0.3 is 0 Å². The smallest absolute Gasteiger partial charge is 0.188 e. The minimum absolute atomic E-state index is 0.210. The molecule has 0 fully saturated rings. The van der Waals surface area contributed by atoms with Gasteiger partial charge in [-0.1, -0.05) is 12.1 Å². The molecule has 1 aromatic rings. The van der Waals surface area contributed by atoms with Gasteiger partial charge in [0.1, 0.15) is 0 Å². The first-order valence-corrected chi connectivity index (χ1v) is 5.40. The lowest BCUT2D eigenvalue weighted by molar-refractivity contribution is 0.0480. The lowest BCUT2D eigenvalue weighted by atomic mass is 10.1. The van der Waals surface area contributed by atoms with Crippen molar-refractivity contribution in [2.45, 2.75) is 13.3 Å². The minimum Gasteiger partial charge on any atom is -0.490 e. The van der Waals surface area contributed by atoms with Crippen LogP contribution in [0.4, 0.5) is 0 Å². The van der Waals surface area contributed by atoms with E-state index >= 15 is 0 Å². The Hall–Kier alpha value is -1.26. The van der Waals surface area contributed by atoms with Crippen LogP contribution in [0.5, 0.6) is 11.5 Å². The van der Waals surface area contributed by atoms with Gasteiger partial charge in [-0.05, 0) is 31.5 Å². The summed E-state index contributed by atoms with van der Waals surface area (Å²) >= 11 is 0. The summed E-state index contributed by atoms with van der Waals surface area (Å²) in [5.41, 5.74) is 6.60. The van der Waals surface area contributed by atoms with E-state index in [-0.39, 0.29) is 6.79 Å². The summed E-state index contributed by atoms with van der Waals surface area (Å²) in [6, 6.07) is 5.81. The molecule has 4 nitrogen and oxygen atoms in total. The van der Waals surface area contributed by atoms with Crippen molar-refractivity contribution in [1.82, 2.24) is 0 Å². The maximum Gasteiger partial charge on any atom is 0.188 e. The van der Waals surface area contributed by atoms with E-state index in [0.29, 0.717) is 13.2 Å². The summed E-state index contributed by atoms with van der Waals surface area (Å²) in [6.07, 6.45) is 0.764. The molecule has 16 heavy (non-hydrogen) atoms. The zero-order chi connectivity index (χ0) is 11.8. The Labute approximate surface area is 96.3 Å². The summed E-state index contributed by atoms with van der Waals surface area (Å²) < 4.78 is 15.9. The molecule has 0 amide bonds. The maximum atomic E-state index is 5.55. The molecule has 0 saturated carbocycles. The van der Waals surface area contributed by atoms with E-state index in [9.17, 15) is 0 Å². The van der Waals surface area contributed by atoms with Gasteiger partial charge < -0.3 is 19.9 Å². The molecule has 0 aromatic heterocycles. The predicted molar refractivity (Wildman–Crippen MR) is 62.9 cm³/mol. The standard InChI is InChI=1S/C12H19NO3/c1-3-15-11-6-4-5-10(7-8-13)12(11)16-9-14-2/h4-6H,3,7-9,13H2,1-2H3. The minimum atomic E-state index is 0.210. The van der Waals surface area contributed by atoms with E-state index in [0.717, 1.165) is 23.5 Å². The van der Waals surface area contributed by atoms with E-state index in [4.69, 9.17) is 19.9 Å². The van der Waals surface area contributed by atoms with Crippen LogP contribution in [0.2, 0.25) is 0 Å². The second kappa shape index (κ2) is 7.09. The third-order valence-electron chi connectivity index (χ3n) is 2.10. The zero-order valence-corrected chi connectivity index (χ0v) is 9.86. The van der Waals surface area contributed by atoms with Crippen molar-refractivity contribution >= 4 is 0 Å². The van der Waals surface area contributed by atoms with Gasteiger partial charge in [-0.25, -0.2) is 0 Å². The van der Waals surface area contributed by atoms with Crippen molar-refractivity contribution in [1.29, 1.82) is 0 Å². The molecule has 1 rings (SSSR count). The van der Waals surface area contributed by atoms with Crippen molar-refractivity contribution in [2.24, 2.45) is 5.73 Å². The highest BCUT2D eigenvalue weighted by atomic mass is 16.7. The Morgan fingerprint density at radius 2 is 2.06 bits per heavy atom. The SMILES string of the molecule is CCOc1cccc(CCN)c1OCOC. The Morgan fingerprint density at radius 1 is 1.25 bits per heavy atom. The Morgan fingerprint density at radius 3 is 2.69 bits per heavy atom. The molecule has 4 heteroatoms. The number of nitrogens with two attached hydrogens (primary N) is 1. The quantitative estimate of drug-likeness (QED) is 0.716. The zero-order valence-electron chi connectivity index (χ0n) is 9.86. The normalized spacial score (nSPS) is 10.2. The molecule has 0 aliphatic carbocycles. The van der Waals surface area contributed by atoms with Gasteiger partial charge in [0.25, 0.3) is 0 Å². The predicted octanol–water partition coefficient (Wildman–Crippen LogP) is 1.57. The number of hydrogen-bond donors (Lipinski definition) is 1. The van der Waals surface area contributed by atoms with Crippen LogP contribution in [0.1, 0.15) is 12.5 Å². The Balaban J connectivity index is 2.92. The first kappa shape index (κ1) is 12.8. The Kier molecular flexibility index (Phi) is 5.67. The lowest BCUT2D eigenvalue weighted by Gasteiger charge is -2.14. The van der Waals surface area contributed by atoms with Crippen LogP contribution in [-0.4, -0.2) is 27.1 Å². The van der Waals surface area contributed by atoms with Gasteiger partial charge in [-0.15, -0.1) is 0 Å². The molecule has 0 saturated heterocycles.